The van der Waals surface area contributed by atoms with Gasteiger partial charge >= 0.3 is 0 Å². The Morgan fingerprint density at radius 3 is 2.13 bits per heavy atom. The lowest BCUT2D eigenvalue weighted by Crippen LogP contribution is -2.01. The van der Waals surface area contributed by atoms with Crippen molar-refractivity contribution in [1.82, 2.24) is 0 Å². The van der Waals surface area contributed by atoms with Gasteiger partial charge in [0.05, 0.1) is 0 Å². The van der Waals surface area contributed by atoms with Crippen molar-refractivity contribution < 1.29 is 4.79 Å². The summed E-state index contributed by atoms with van der Waals surface area (Å²) in [5, 5.41) is 0. The predicted octanol–water partition coefficient (Wildman–Crippen LogP) is 4.66. The normalized spacial score (nSPS) is 11.8. The Kier molecular flexibility index (Phi) is 9.55. The molecule has 0 aliphatic heterocycles. The lowest BCUT2D eigenvalue weighted by Gasteiger charge is -2.03. The van der Waals surface area contributed by atoms with Gasteiger partial charge in [0.25, 0.3) is 0 Å². The largest absolute Gasteiger partial charge is 0.295 e. The molecule has 1 heteroatoms. The van der Waals surface area contributed by atoms with Crippen LogP contribution in [-0.2, 0) is 4.79 Å². The van der Waals surface area contributed by atoms with Crippen LogP contribution in [-0.4, -0.2) is 5.78 Å². The highest BCUT2D eigenvalue weighted by Gasteiger charge is 2.05. The molecule has 0 amide bonds. The highest BCUT2D eigenvalue weighted by molar-refractivity contribution is 5.95. The molecule has 0 aromatic carbocycles. The minimum Gasteiger partial charge on any atom is -0.295 e. The van der Waals surface area contributed by atoms with Crippen molar-refractivity contribution in [3.63, 3.8) is 0 Å². The number of hydrogen-bond acceptors (Lipinski definition) is 1. The van der Waals surface area contributed by atoms with Gasteiger partial charge in [0.1, 0.15) is 0 Å². The third kappa shape index (κ3) is 7.35. The molecule has 0 saturated carbocycles. The van der Waals surface area contributed by atoms with E-state index in [2.05, 4.69) is 13.8 Å². The molecule has 0 radical (unpaired) electrons. The maximum atomic E-state index is 11.6. The van der Waals surface area contributed by atoms with Gasteiger partial charge in [-0.05, 0) is 25.3 Å². The summed E-state index contributed by atoms with van der Waals surface area (Å²) in [7, 11) is 0. The van der Waals surface area contributed by atoms with Gasteiger partial charge in [-0.2, -0.15) is 0 Å². The zero-order valence-corrected chi connectivity index (χ0v) is 10.6. The molecule has 88 valence electrons. The van der Waals surface area contributed by atoms with E-state index < -0.39 is 0 Å². The van der Waals surface area contributed by atoms with Crippen molar-refractivity contribution in [1.29, 1.82) is 0 Å². The van der Waals surface area contributed by atoms with E-state index >= 15 is 0 Å². The molecule has 0 N–H and O–H groups in total. The van der Waals surface area contributed by atoms with Crippen molar-refractivity contribution in [2.75, 3.05) is 0 Å². The molecule has 0 unspecified atom stereocenters. The zero-order chi connectivity index (χ0) is 11.5. The van der Waals surface area contributed by atoms with Crippen LogP contribution in [0.1, 0.15) is 72.1 Å². The average Bonchev–Trinajstić information content (AvgIpc) is 2.25. The second kappa shape index (κ2) is 9.95. The smallest absolute Gasteiger partial charge is 0.158 e. The second-order valence-electron chi connectivity index (χ2n) is 4.11. The van der Waals surface area contributed by atoms with Gasteiger partial charge in [-0.25, -0.2) is 0 Å². The lowest BCUT2D eigenvalue weighted by molar-refractivity contribution is -0.115. The Morgan fingerprint density at radius 2 is 1.60 bits per heavy atom. The van der Waals surface area contributed by atoms with Crippen LogP contribution in [0.4, 0.5) is 0 Å². The molecule has 0 fully saturated rings. The first-order valence-electron chi connectivity index (χ1n) is 6.44. The molecule has 0 aromatic heterocycles. The molecule has 0 aliphatic carbocycles. The van der Waals surface area contributed by atoms with Crippen LogP contribution < -0.4 is 0 Å². The second-order valence-corrected chi connectivity index (χ2v) is 4.11. The van der Waals surface area contributed by atoms with Gasteiger partial charge < -0.3 is 0 Å². The summed E-state index contributed by atoms with van der Waals surface area (Å²) >= 11 is 0. The minimum atomic E-state index is 0.357. The summed E-state index contributed by atoms with van der Waals surface area (Å²) in [6.07, 6.45) is 11.1. The first-order valence-corrected chi connectivity index (χ1v) is 6.44. The number of hydrogen-bond donors (Lipinski definition) is 0. The quantitative estimate of drug-likeness (QED) is 0.399. The number of rotatable bonds is 9. The van der Waals surface area contributed by atoms with E-state index in [1.807, 2.05) is 13.0 Å². The van der Waals surface area contributed by atoms with E-state index in [1.165, 1.54) is 32.1 Å². The monoisotopic (exact) mass is 210 g/mol. The van der Waals surface area contributed by atoms with Gasteiger partial charge in [-0.15, -0.1) is 0 Å². The molecule has 0 saturated heterocycles. The van der Waals surface area contributed by atoms with E-state index in [0.29, 0.717) is 5.78 Å². The van der Waals surface area contributed by atoms with Crippen LogP contribution in [0.3, 0.4) is 0 Å². The summed E-state index contributed by atoms with van der Waals surface area (Å²) in [5.74, 6) is 0.357. The topological polar surface area (TPSA) is 17.1 Å². The van der Waals surface area contributed by atoms with Gasteiger partial charge in [0.15, 0.2) is 5.78 Å². The Bertz CT molecular complexity index is 192. The van der Waals surface area contributed by atoms with Gasteiger partial charge in [0.2, 0.25) is 0 Å². The van der Waals surface area contributed by atoms with E-state index in [1.54, 1.807) is 0 Å². The summed E-state index contributed by atoms with van der Waals surface area (Å²) < 4.78 is 0. The van der Waals surface area contributed by atoms with Crippen LogP contribution in [0.2, 0.25) is 0 Å². The molecule has 0 rings (SSSR count). The number of Topliss-reactive ketones (excluding diaryl/α,β-unsaturated/α-hetero) is 1. The third-order valence-corrected chi connectivity index (χ3v) is 2.84. The number of allylic oxidation sites excluding steroid dienone is 2. The van der Waals surface area contributed by atoms with Crippen LogP contribution >= 0.6 is 0 Å². The summed E-state index contributed by atoms with van der Waals surface area (Å²) in [6, 6.07) is 0. The molecule has 0 heterocycles. The summed E-state index contributed by atoms with van der Waals surface area (Å²) in [4.78, 5) is 11.6. The average molecular weight is 210 g/mol. The first-order chi connectivity index (χ1) is 7.26. The fourth-order valence-corrected chi connectivity index (χ4v) is 1.79. The molecular weight excluding hydrogens is 184 g/mol. The maximum Gasteiger partial charge on any atom is 0.158 e. The molecule has 15 heavy (non-hydrogen) atoms. The molecule has 0 aliphatic rings. The fourth-order valence-electron chi connectivity index (χ4n) is 1.79. The van der Waals surface area contributed by atoms with Gasteiger partial charge in [-0.1, -0.05) is 52.0 Å². The van der Waals surface area contributed by atoms with Crippen LogP contribution in [0, 0.1) is 0 Å². The number of unbranched alkanes of at least 4 members (excludes halogenated alkanes) is 5. The Labute approximate surface area is 95.0 Å². The number of carbonyl (C=O) groups is 1. The molecule has 0 atom stereocenters. The first kappa shape index (κ1) is 14.4. The van der Waals surface area contributed by atoms with Crippen molar-refractivity contribution in [2.24, 2.45) is 0 Å². The van der Waals surface area contributed by atoms with Crippen LogP contribution in [0.5, 0.6) is 0 Å². The minimum absolute atomic E-state index is 0.357. The Morgan fingerprint density at radius 1 is 1.00 bits per heavy atom. The molecule has 1 nitrogen and oxygen atoms in total. The van der Waals surface area contributed by atoms with E-state index in [4.69, 9.17) is 0 Å². The summed E-state index contributed by atoms with van der Waals surface area (Å²) in [5.41, 5.74) is 1.00. The van der Waals surface area contributed by atoms with Crippen molar-refractivity contribution >= 4 is 5.78 Å². The van der Waals surface area contributed by atoms with Crippen molar-refractivity contribution in [2.45, 2.75) is 72.1 Å². The standard InChI is InChI=1S/C14H26O/c1-4-7-8-9-10-11-12-14(15)13(5-2)6-3/h5H,4,6-12H2,1-3H3. The summed E-state index contributed by atoms with van der Waals surface area (Å²) in [6.45, 7) is 6.23. The van der Waals surface area contributed by atoms with Crippen molar-refractivity contribution in [3.8, 4) is 0 Å². The molecule has 0 spiro atoms. The maximum absolute atomic E-state index is 11.6. The molecular formula is C14H26O. The molecule has 0 bridgehead atoms. The molecule has 0 aromatic rings. The zero-order valence-electron chi connectivity index (χ0n) is 10.6. The number of carbonyl (C=O) groups excluding carboxylic acids is 1. The number of ketones is 1. The third-order valence-electron chi connectivity index (χ3n) is 2.84. The van der Waals surface area contributed by atoms with E-state index in [-0.39, 0.29) is 0 Å². The van der Waals surface area contributed by atoms with Crippen LogP contribution in [0.15, 0.2) is 11.6 Å². The Hall–Kier alpha value is -0.590. The van der Waals surface area contributed by atoms with Crippen molar-refractivity contribution in [3.05, 3.63) is 11.6 Å². The lowest BCUT2D eigenvalue weighted by atomic mass is 10.0. The fraction of sp³-hybridized carbons (Fsp3) is 0.786. The SMILES string of the molecule is CC=C(CC)C(=O)CCCCCCCC. The predicted molar refractivity (Wildman–Crippen MR) is 67.0 cm³/mol. The van der Waals surface area contributed by atoms with Crippen LogP contribution in [0.25, 0.3) is 0 Å². The van der Waals surface area contributed by atoms with E-state index in [0.717, 1.165) is 24.8 Å². The highest BCUT2D eigenvalue weighted by Crippen LogP contribution is 2.11. The highest BCUT2D eigenvalue weighted by atomic mass is 16.1. The van der Waals surface area contributed by atoms with Gasteiger partial charge in [0, 0.05) is 6.42 Å². The Balaban J connectivity index is 3.47. The van der Waals surface area contributed by atoms with Gasteiger partial charge in [-0.3, -0.25) is 4.79 Å². The van der Waals surface area contributed by atoms with E-state index in [9.17, 15) is 4.79 Å².